The van der Waals surface area contributed by atoms with Crippen LogP contribution in [0.3, 0.4) is 0 Å². The summed E-state index contributed by atoms with van der Waals surface area (Å²) in [6.45, 7) is 1.67. The third kappa shape index (κ3) is 2.33. The van der Waals surface area contributed by atoms with Gasteiger partial charge in [0.25, 0.3) is 5.91 Å². The van der Waals surface area contributed by atoms with Gasteiger partial charge in [-0.1, -0.05) is 0 Å². The number of morpholine rings is 1. The number of ether oxygens (including phenoxy) is 1. The Labute approximate surface area is 99.2 Å². The van der Waals surface area contributed by atoms with Crippen molar-refractivity contribution < 1.29 is 9.53 Å². The van der Waals surface area contributed by atoms with E-state index in [1.54, 1.807) is 29.4 Å². The lowest BCUT2D eigenvalue weighted by molar-refractivity contribution is 0.00454. The maximum absolute atomic E-state index is 12.1. The summed E-state index contributed by atoms with van der Waals surface area (Å²) in [5, 5.41) is 0. The lowest BCUT2D eigenvalue weighted by Gasteiger charge is -2.34. The lowest BCUT2D eigenvalue weighted by atomic mass is 10.2. The van der Waals surface area contributed by atoms with Crippen molar-refractivity contribution >= 4 is 17.5 Å². The number of hydrogen-bond acceptors (Lipinski definition) is 3. The van der Waals surface area contributed by atoms with Crippen molar-refractivity contribution in [2.45, 2.75) is 6.04 Å². The van der Waals surface area contributed by atoms with Crippen LogP contribution in [0.15, 0.2) is 24.5 Å². The summed E-state index contributed by atoms with van der Waals surface area (Å²) in [6, 6.07) is 3.47. The van der Waals surface area contributed by atoms with Gasteiger partial charge in [-0.05, 0) is 12.1 Å². The van der Waals surface area contributed by atoms with Gasteiger partial charge in [-0.25, -0.2) is 0 Å². The van der Waals surface area contributed by atoms with Gasteiger partial charge in [0.2, 0.25) is 0 Å². The topological polar surface area (TPSA) is 42.4 Å². The number of rotatable bonds is 2. The van der Waals surface area contributed by atoms with E-state index in [1.807, 2.05) is 0 Å². The zero-order chi connectivity index (χ0) is 11.4. The van der Waals surface area contributed by atoms with Crippen LogP contribution in [0.1, 0.15) is 10.4 Å². The first kappa shape index (κ1) is 11.4. The standard InChI is InChI=1S/C11H13ClN2O2/c12-6-10-8-16-5-4-14(10)11(15)9-2-1-3-13-7-9/h1-3,7,10H,4-6,8H2. The summed E-state index contributed by atoms with van der Waals surface area (Å²) in [7, 11) is 0. The molecule has 0 aliphatic carbocycles. The molecule has 1 atom stereocenters. The highest BCUT2D eigenvalue weighted by Crippen LogP contribution is 2.12. The Morgan fingerprint density at radius 3 is 3.25 bits per heavy atom. The number of amides is 1. The van der Waals surface area contributed by atoms with Crippen molar-refractivity contribution in [1.29, 1.82) is 0 Å². The van der Waals surface area contributed by atoms with E-state index in [0.717, 1.165) is 0 Å². The summed E-state index contributed by atoms with van der Waals surface area (Å²) < 4.78 is 5.30. The third-order valence-electron chi connectivity index (χ3n) is 2.58. The van der Waals surface area contributed by atoms with E-state index in [1.165, 1.54) is 0 Å². The summed E-state index contributed by atoms with van der Waals surface area (Å²) in [5.41, 5.74) is 0.597. The number of alkyl halides is 1. The van der Waals surface area contributed by atoms with Gasteiger partial charge in [0.15, 0.2) is 0 Å². The minimum atomic E-state index is -0.0388. The van der Waals surface area contributed by atoms with Crippen LogP contribution in [0.4, 0.5) is 0 Å². The molecule has 1 aliphatic rings. The molecule has 0 bridgehead atoms. The minimum absolute atomic E-state index is 0.0259. The van der Waals surface area contributed by atoms with Crippen LogP contribution in [0.5, 0.6) is 0 Å². The second-order valence-corrected chi connectivity index (χ2v) is 3.93. The monoisotopic (exact) mass is 240 g/mol. The molecule has 0 spiro atoms. The molecule has 16 heavy (non-hydrogen) atoms. The largest absolute Gasteiger partial charge is 0.377 e. The van der Waals surface area contributed by atoms with Crippen LogP contribution >= 0.6 is 11.6 Å². The van der Waals surface area contributed by atoms with Gasteiger partial charge in [-0.2, -0.15) is 0 Å². The summed E-state index contributed by atoms with van der Waals surface area (Å²) in [4.78, 5) is 17.8. The van der Waals surface area contributed by atoms with Crippen LogP contribution in [0.2, 0.25) is 0 Å². The SMILES string of the molecule is O=C(c1cccnc1)N1CCOCC1CCl. The smallest absolute Gasteiger partial charge is 0.255 e. The number of aromatic nitrogens is 1. The van der Waals surface area contributed by atoms with Crippen molar-refractivity contribution in [2.75, 3.05) is 25.6 Å². The minimum Gasteiger partial charge on any atom is -0.377 e. The summed E-state index contributed by atoms with van der Waals surface area (Å²) in [6.07, 6.45) is 3.22. The van der Waals surface area contributed by atoms with Gasteiger partial charge < -0.3 is 9.64 Å². The van der Waals surface area contributed by atoms with Crippen molar-refractivity contribution in [3.05, 3.63) is 30.1 Å². The molecule has 0 aromatic carbocycles. The predicted molar refractivity (Wildman–Crippen MR) is 60.6 cm³/mol. The maximum atomic E-state index is 12.1. The molecule has 0 saturated carbocycles. The van der Waals surface area contributed by atoms with Gasteiger partial charge in [-0.15, -0.1) is 11.6 Å². The highest BCUT2D eigenvalue weighted by molar-refractivity contribution is 6.18. The van der Waals surface area contributed by atoms with E-state index >= 15 is 0 Å². The van der Waals surface area contributed by atoms with Gasteiger partial charge >= 0.3 is 0 Å². The molecule has 2 heterocycles. The van der Waals surface area contributed by atoms with E-state index in [0.29, 0.717) is 31.2 Å². The number of pyridine rings is 1. The first-order chi connectivity index (χ1) is 7.83. The molecular weight excluding hydrogens is 228 g/mol. The Hall–Kier alpha value is -1.13. The fraction of sp³-hybridized carbons (Fsp3) is 0.455. The van der Waals surface area contributed by atoms with Gasteiger partial charge in [0.05, 0.1) is 24.8 Å². The first-order valence-corrected chi connectivity index (χ1v) is 5.71. The molecule has 1 unspecified atom stereocenters. The zero-order valence-electron chi connectivity index (χ0n) is 8.80. The third-order valence-corrected chi connectivity index (χ3v) is 2.93. The molecule has 1 saturated heterocycles. The molecule has 86 valence electrons. The Morgan fingerprint density at radius 2 is 2.56 bits per heavy atom. The normalized spacial score (nSPS) is 20.8. The lowest BCUT2D eigenvalue weighted by Crippen LogP contribution is -2.49. The first-order valence-electron chi connectivity index (χ1n) is 5.17. The van der Waals surface area contributed by atoms with E-state index < -0.39 is 0 Å². The Balaban J connectivity index is 2.14. The molecule has 2 rings (SSSR count). The van der Waals surface area contributed by atoms with Gasteiger partial charge in [0, 0.05) is 24.8 Å². The summed E-state index contributed by atoms with van der Waals surface area (Å²) in [5.74, 6) is 0.369. The van der Waals surface area contributed by atoms with E-state index in [2.05, 4.69) is 4.98 Å². The van der Waals surface area contributed by atoms with Crippen LogP contribution in [-0.4, -0.2) is 47.5 Å². The predicted octanol–water partition coefficient (Wildman–Crippen LogP) is 1.16. The molecule has 0 N–H and O–H groups in total. The molecule has 1 aromatic rings. The number of nitrogens with zero attached hydrogens (tertiary/aromatic N) is 2. The molecule has 0 radical (unpaired) electrons. The Kier molecular flexibility index (Phi) is 3.74. The molecule has 5 heteroatoms. The highest BCUT2D eigenvalue weighted by atomic mass is 35.5. The molecule has 1 fully saturated rings. The molecule has 1 aromatic heterocycles. The van der Waals surface area contributed by atoms with E-state index in [-0.39, 0.29) is 11.9 Å². The van der Waals surface area contributed by atoms with Crippen molar-refractivity contribution in [1.82, 2.24) is 9.88 Å². The summed E-state index contributed by atoms with van der Waals surface area (Å²) >= 11 is 5.82. The molecule has 4 nitrogen and oxygen atoms in total. The molecule has 1 amide bonds. The number of hydrogen-bond donors (Lipinski definition) is 0. The van der Waals surface area contributed by atoms with Crippen LogP contribution in [0, 0.1) is 0 Å². The second kappa shape index (κ2) is 5.27. The van der Waals surface area contributed by atoms with Gasteiger partial charge in [0.1, 0.15) is 0 Å². The quantitative estimate of drug-likeness (QED) is 0.729. The average molecular weight is 241 g/mol. The number of halogens is 1. The average Bonchev–Trinajstić information content (AvgIpc) is 2.39. The fourth-order valence-electron chi connectivity index (χ4n) is 1.71. The molecular formula is C11H13ClN2O2. The van der Waals surface area contributed by atoms with Crippen molar-refractivity contribution in [2.24, 2.45) is 0 Å². The van der Waals surface area contributed by atoms with Crippen LogP contribution in [-0.2, 0) is 4.74 Å². The van der Waals surface area contributed by atoms with Crippen LogP contribution in [0.25, 0.3) is 0 Å². The highest BCUT2D eigenvalue weighted by Gasteiger charge is 2.27. The number of carbonyl (C=O) groups is 1. The fourth-order valence-corrected chi connectivity index (χ4v) is 1.96. The molecule has 1 aliphatic heterocycles. The van der Waals surface area contributed by atoms with Crippen LogP contribution < -0.4 is 0 Å². The zero-order valence-corrected chi connectivity index (χ0v) is 9.56. The van der Waals surface area contributed by atoms with E-state index in [4.69, 9.17) is 16.3 Å². The van der Waals surface area contributed by atoms with E-state index in [9.17, 15) is 4.79 Å². The Morgan fingerprint density at radius 1 is 1.69 bits per heavy atom. The second-order valence-electron chi connectivity index (χ2n) is 3.62. The maximum Gasteiger partial charge on any atom is 0.255 e. The Bertz CT molecular complexity index is 358. The number of carbonyl (C=O) groups excluding carboxylic acids is 1. The van der Waals surface area contributed by atoms with Gasteiger partial charge in [-0.3, -0.25) is 9.78 Å². The van der Waals surface area contributed by atoms with Crippen molar-refractivity contribution in [3.8, 4) is 0 Å². The van der Waals surface area contributed by atoms with Crippen molar-refractivity contribution in [3.63, 3.8) is 0 Å².